The molecule has 6 heteroatoms. The van der Waals surface area contributed by atoms with E-state index in [0.717, 1.165) is 11.1 Å². The Labute approximate surface area is 174 Å². The summed E-state index contributed by atoms with van der Waals surface area (Å²) in [6.07, 6.45) is 0. The van der Waals surface area contributed by atoms with Gasteiger partial charge in [0.05, 0.1) is 17.2 Å². The molecule has 2 N–H and O–H groups in total. The molecular formula is C24H21N3O3. The Kier molecular flexibility index (Phi) is 5.57. The highest BCUT2D eigenvalue weighted by molar-refractivity contribution is 6.21. The Hall–Kier alpha value is -3.93. The van der Waals surface area contributed by atoms with E-state index < -0.39 is 6.04 Å². The minimum Gasteiger partial charge on any atom is -0.336 e. The van der Waals surface area contributed by atoms with Crippen LogP contribution in [0.15, 0.2) is 84.9 Å². The van der Waals surface area contributed by atoms with Crippen molar-refractivity contribution in [3.8, 4) is 0 Å². The standard InChI is InChI=1S/C24H21N3O3/c28-22-19-13-7-8-14-20(19)23(29)27(22)21(18-11-5-2-6-12-18)16-26-24(30)25-15-17-9-3-1-4-10-17/h1-14,21H,15-16H2,(H2,25,26,30). The van der Waals surface area contributed by atoms with Gasteiger partial charge in [-0.3, -0.25) is 14.5 Å². The molecule has 6 nitrogen and oxygen atoms in total. The molecular weight excluding hydrogens is 378 g/mol. The molecule has 4 rings (SSSR count). The van der Waals surface area contributed by atoms with E-state index >= 15 is 0 Å². The lowest BCUT2D eigenvalue weighted by Crippen LogP contribution is -2.43. The SMILES string of the molecule is O=C(NCc1ccccc1)NCC(c1ccccc1)N1C(=O)c2ccccc2C1=O. The summed E-state index contributed by atoms with van der Waals surface area (Å²) in [5.74, 6) is -0.702. The lowest BCUT2D eigenvalue weighted by Gasteiger charge is -2.27. The summed E-state index contributed by atoms with van der Waals surface area (Å²) in [6.45, 7) is 0.492. The smallest absolute Gasteiger partial charge is 0.315 e. The van der Waals surface area contributed by atoms with E-state index in [2.05, 4.69) is 10.6 Å². The first-order valence-electron chi connectivity index (χ1n) is 9.72. The quantitative estimate of drug-likeness (QED) is 0.623. The lowest BCUT2D eigenvalue weighted by atomic mass is 10.1. The van der Waals surface area contributed by atoms with Gasteiger partial charge in [0.1, 0.15) is 0 Å². The second-order valence-electron chi connectivity index (χ2n) is 7.00. The molecule has 0 saturated carbocycles. The number of benzene rings is 3. The van der Waals surface area contributed by atoms with E-state index in [9.17, 15) is 14.4 Å². The normalized spacial score (nSPS) is 13.7. The van der Waals surface area contributed by atoms with Crippen molar-refractivity contribution in [1.82, 2.24) is 15.5 Å². The van der Waals surface area contributed by atoms with Crippen LogP contribution >= 0.6 is 0 Å². The number of carbonyl (C=O) groups excluding carboxylic acids is 3. The van der Waals surface area contributed by atoms with Crippen LogP contribution in [0.2, 0.25) is 0 Å². The van der Waals surface area contributed by atoms with Gasteiger partial charge in [0.15, 0.2) is 0 Å². The number of hydrogen-bond donors (Lipinski definition) is 2. The molecule has 0 aromatic heterocycles. The minimum absolute atomic E-state index is 0.107. The van der Waals surface area contributed by atoms with Gasteiger partial charge in [0.25, 0.3) is 11.8 Å². The molecule has 30 heavy (non-hydrogen) atoms. The molecule has 1 aliphatic rings. The number of carbonyl (C=O) groups is 3. The van der Waals surface area contributed by atoms with Crippen molar-refractivity contribution in [2.75, 3.05) is 6.54 Å². The summed E-state index contributed by atoms with van der Waals surface area (Å²) in [4.78, 5) is 39.5. The zero-order chi connectivity index (χ0) is 20.9. The van der Waals surface area contributed by atoms with Crippen LogP contribution in [0, 0.1) is 0 Å². The van der Waals surface area contributed by atoms with Crippen LogP contribution in [-0.4, -0.2) is 29.3 Å². The van der Waals surface area contributed by atoms with Gasteiger partial charge in [-0.25, -0.2) is 4.79 Å². The largest absolute Gasteiger partial charge is 0.336 e. The molecule has 1 unspecified atom stereocenters. The minimum atomic E-state index is -0.610. The lowest BCUT2D eigenvalue weighted by molar-refractivity contribution is 0.0581. The molecule has 1 heterocycles. The number of hydrogen-bond acceptors (Lipinski definition) is 3. The summed E-state index contributed by atoms with van der Waals surface area (Å²) in [5, 5.41) is 5.60. The first kappa shape index (κ1) is 19.4. The molecule has 0 bridgehead atoms. The van der Waals surface area contributed by atoms with Crippen molar-refractivity contribution in [3.63, 3.8) is 0 Å². The third-order valence-corrected chi connectivity index (χ3v) is 5.07. The number of nitrogens with zero attached hydrogens (tertiary/aromatic N) is 1. The van der Waals surface area contributed by atoms with Gasteiger partial charge >= 0.3 is 6.03 Å². The molecule has 4 amide bonds. The summed E-state index contributed by atoms with van der Waals surface area (Å²) in [5.41, 5.74) is 2.52. The van der Waals surface area contributed by atoms with Gasteiger partial charge in [-0.15, -0.1) is 0 Å². The van der Waals surface area contributed by atoms with Gasteiger partial charge < -0.3 is 10.6 Å². The Morgan fingerprint density at radius 2 is 1.27 bits per heavy atom. The summed E-state index contributed by atoms with van der Waals surface area (Å²) < 4.78 is 0. The third kappa shape index (κ3) is 3.93. The molecule has 0 saturated heterocycles. The highest BCUT2D eigenvalue weighted by atomic mass is 16.2. The van der Waals surface area contributed by atoms with E-state index in [-0.39, 0.29) is 24.4 Å². The van der Waals surface area contributed by atoms with Crippen molar-refractivity contribution in [1.29, 1.82) is 0 Å². The molecule has 3 aromatic carbocycles. The van der Waals surface area contributed by atoms with Crippen molar-refractivity contribution in [2.45, 2.75) is 12.6 Å². The predicted octanol–water partition coefficient (Wildman–Crippen LogP) is 3.52. The van der Waals surface area contributed by atoms with Crippen LogP contribution in [0.5, 0.6) is 0 Å². The third-order valence-electron chi connectivity index (χ3n) is 5.07. The van der Waals surface area contributed by atoms with E-state index in [1.807, 2.05) is 60.7 Å². The van der Waals surface area contributed by atoms with Gasteiger partial charge in [-0.1, -0.05) is 72.8 Å². The first-order chi connectivity index (χ1) is 14.6. The second-order valence-corrected chi connectivity index (χ2v) is 7.00. The Morgan fingerprint density at radius 3 is 1.87 bits per heavy atom. The maximum Gasteiger partial charge on any atom is 0.315 e. The van der Waals surface area contributed by atoms with Gasteiger partial charge in [-0.2, -0.15) is 0 Å². The van der Waals surface area contributed by atoms with Gasteiger partial charge in [-0.05, 0) is 23.3 Å². The number of nitrogens with one attached hydrogen (secondary N) is 2. The predicted molar refractivity (Wildman–Crippen MR) is 113 cm³/mol. The van der Waals surface area contributed by atoms with E-state index in [1.54, 1.807) is 24.3 Å². The number of amides is 4. The monoisotopic (exact) mass is 399 g/mol. The number of fused-ring (bicyclic) bond motifs is 1. The maximum atomic E-state index is 13.0. The van der Waals surface area contributed by atoms with Gasteiger partial charge in [0, 0.05) is 13.1 Å². The molecule has 1 atom stereocenters. The van der Waals surface area contributed by atoms with E-state index in [0.29, 0.717) is 17.7 Å². The molecule has 0 fully saturated rings. The van der Waals surface area contributed by atoms with E-state index in [1.165, 1.54) is 4.90 Å². The topological polar surface area (TPSA) is 78.5 Å². The summed E-state index contributed by atoms with van der Waals surface area (Å²) >= 11 is 0. The average molecular weight is 399 g/mol. The van der Waals surface area contributed by atoms with Crippen molar-refractivity contribution in [3.05, 3.63) is 107 Å². The molecule has 1 aliphatic heterocycles. The van der Waals surface area contributed by atoms with Crippen LogP contribution in [0.3, 0.4) is 0 Å². The molecule has 0 aliphatic carbocycles. The van der Waals surface area contributed by atoms with Crippen molar-refractivity contribution >= 4 is 17.8 Å². The molecule has 0 radical (unpaired) electrons. The first-order valence-corrected chi connectivity index (χ1v) is 9.72. The van der Waals surface area contributed by atoms with Crippen LogP contribution in [-0.2, 0) is 6.54 Å². The van der Waals surface area contributed by atoms with Crippen LogP contribution in [0.1, 0.15) is 37.9 Å². The number of urea groups is 1. The fourth-order valence-electron chi connectivity index (χ4n) is 3.55. The van der Waals surface area contributed by atoms with Crippen LogP contribution in [0.25, 0.3) is 0 Å². The summed E-state index contributed by atoms with van der Waals surface area (Å²) in [6, 6.07) is 24.6. The van der Waals surface area contributed by atoms with Crippen molar-refractivity contribution in [2.24, 2.45) is 0 Å². The van der Waals surface area contributed by atoms with Crippen molar-refractivity contribution < 1.29 is 14.4 Å². The zero-order valence-electron chi connectivity index (χ0n) is 16.2. The molecule has 3 aromatic rings. The fraction of sp³-hybridized carbons (Fsp3) is 0.125. The zero-order valence-corrected chi connectivity index (χ0v) is 16.2. The van der Waals surface area contributed by atoms with Crippen LogP contribution in [0.4, 0.5) is 4.79 Å². The second kappa shape index (κ2) is 8.61. The molecule has 0 spiro atoms. The maximum absolute atomic E-state index is 13.0. The van der Waals surface area contributed by atoms with E-state index in [4.69, 9.17) is 0 Å². The average Bonchev–Trinajstić information content (AvgIpc) is 3.05. The summed E-state index contributed by atoms with van der Waals surface area (Å²) in [7, 11) is 0. The van der Waals surface area contributed by atoms with Crippen LogP contribution < -0.4 is 10.6 Å². The number of rotatable bonds is 6. The molecule has 150 valence electrons. The highest BCUT2D eigenvalue weighted by Crippen LogP contribution is 2.31. The highest BCUT2D eigenvalue weighted by Gasteiger charge is 2.40. The Morgan fingerprint density at radius 1 is 0.733 bits per heavy atom. The number of imide groups is 1. The Bertz CT molecular complexity index is 1030. The Balaban J connectivity index is 1.50. The van der Waals surface area contributed by atoms with Gasteiger partial charge in [0.2, 0.25) is 0 Å². The fourth-order valence-corrected chi connectivity index (χ4v) is 3.55.